The van der Waals surface area contributed by atoms with E-state index in [-0.39, 0.29) is 6.04 Å². The van der Waals surface area contributed by atoms with Crippen molar-refractivity contribution in [1.82, 2.24) is 0 Å². The molecule has 2 aromatic rings. The van der Waals surface area contributed by atoms with E-state index < -0.39 is 11.6 Å². The van der Waals surface area contributed by atoms with Crippen LogP contribution in [0.1, 0.15) is 18.5 Å². The molecule has 100 valence electrons. The lowest BCUT2D eigenvalue weighted by Gasteiger charge is -2.13. The molecule has 0 aliphatic carbocycles. The standard InChI is InChI=1S/C14H12BrF2NS/c1-8(18)11-4-2-9(15)6-14(11)19-13-5-3-10(16)7-12(13)17/h2-8H,18H2,1H3. The molecule has 0 aromatic heterocycles. The van der Waals surface area contributed by atoms with E-state index in [0.29, 0.717) is 4.90 Å². The molecule has 0 aliphatic heterocycles. The summed E-state index contributed by atoms with van der Waals surface area (Å²) in [5.74, 6) is -1.15. The lowest BCUT2D eigenvalue weighted by Crippen LogP contribution is -2.06. The highest BCUT2D eigenvalue weighted by Gasteiger charge is 2.12. The maximum Gasteiger partial charge on any atom is 0.140 e. The molecule has 0 aliphatic rings. The van der Waals surface area contributed by atoms with Gasteiger partial charge in [-0.1, -0.05) is 33.8 Å². The van der Waals surface area contributed by atoms with Crippen molar-refractivity contribution >= 4 is 27.7 Å². The molecular formula is C14H12BrF2NS. The number of nitrogens with two attached hydrogens (primary N) is 1. The molecule has 19 heavy (non-hydrogen) atoms. The maximum atomic E-state index is 13.7. The van der Waals surface area contributed by atoms with Gasteiger partial charge in [0.1, 0.15) is 11.6 Å². The SMILES string of the molecule is CC(N)c1ccc(Br)cc1Sc1ccc(F)cc1F. The van der Waals surface area contributed by atoms with Crippen LogP contribution in [0.3, 0.4) is 0 Å². The monoisotopic (exact) mass is 343 g/mol. The van der Waals surface area contributed by atoms with Crippen LogP contribution in [0.2, 0.25) is 0 Å². The molecule has 1 atom stereocenters. The average Bonchev–Trinajstić information content (AvgIpc) is 2.32. The zero-order chi connectivity index (χ0) is 14.0. The molecular weight excluding hydrogens is 332 g/mol. The van der Waals surface area contributed by atoms with Gasteiger partial charge in [0.25, 0.3) is 0 Å². The summed E-state index contributed by atoms with van der Waals surface area (Å²) in [5, 5.41) is 0. The molecule has 0 bridgehead atoms. The smallest absolute Gasteiger partial charge is 0.140 e. The van der Waals surface area contributed by atoms with Crippen LogP contribution in [0.5, 0.6) is 0 Å². The summed E-state index contributed by atoms with van der Waals surface area (Å²) < 4.78 is 27.4. The Morgan fingerprint density at radius 2 is 1.84 bits per heavy atom. The normalized spacial score (nSPS) is 12.5. The molecule has 5 heteroatoms. The van der Waals surface area contributed by atoms with Crippen molar-refractivity contribution in [3.8, 4) is 0 Å². The molecule has 0 amide bonds. The minimum absolute atomic E-state index is 0.154. The van der Waals surface area contributed by atoms with Crippen LogP contribution in [0.15, 0.2) is 50.7 Å². The van der Waals surface area contributed by atoms with Gasteiger partial charge in [0.05, 0.1) is 0 Å². The molecule has 2 aromatic carbocycles. The first kappa shape index (κ1) is 14.5. The Hall–Kier alpha value is -0.910. The largest absolute Gasteiger partial charge is 0.324 e. The molecule has 1 nitrogen and oxygen atoms in total. The summed E-state index contributed by atoms with van der Waals surface area (Å²) in [6.45, 7) is 1.87. The van der Waals surface area contributed by atoms with Gasteiger partial charge in [0, 0.05) is 26.4 Å². The quantitative estimate of drug-likeness (QED) is 0.857. The van der Waals surface area contributed by atoms with Crippen molar-refractivity contribution in [3.63, 3.8) is 0 Å². The van der Waals surface area contributed by atoms with E-state index in [1.54, 1.807) is 0 Å². The van der Waals surface area contributed by atoms with Gasteiger partial charge in [-0.15, -0.1) is 0 Å². The maximum absolute atomic E-state index is 13.7. The Kier molecular flexibility index (Phi) is 4.60. The summed E-state index contributed by atoms with van der Waals surface area (Å²) in [5.41, 5.74) is 6.83. The Balaban J connectivity index is 2.39. The molecule has 0 spiro atoms. The third-order valence-corrected chi connectivity index (χ3v) is 4.20. The second-order valence-corrected chi connectivity index (χ2v) is 6.15. The van der Waals surface area contributed by atoms with Crippen LogP contribution in [-0.2, 0) is 0 Å². The molecule has 0 radical (unpaired) electrons. The molecule has 0 heterocycles. The first-order valence-electron chi connectivity index (χ1n) is 5.65. The van der Waals surface area contributed by atoms with Gasteiger partial charge in [-0.2, -0.15) is 0 Å². The van der Waals surface area contributed by atoms with E-state index in [1.807, 2.05) is 25.1 Å². The second-order valence-electron chi connectivity index (χ2n) is 4.15. The van der Waals surface area contributed by atoms with Crippen molar-refractivity contribution in [1.29, 1.82) is 0 Å². The second kappa shape index (κ2) is 6.03. The van der Waals surface area contributed by atoms with E-state index in [0.717, 1.165) is 21.0 Å². The third-order valence-electron chi connectivity index (χ3n) is 2.58. The number of hydrogen-bond donors (Lipinski definition) is 1. The zero-order valence-corrected chi connectivity index (χ0v) is 12.6. The summed E-state index contributed by atoms with van der Waals surface area (Å²) in [6, 6.07) is 9.08. The molecule has 2 N–H and O–H groups in total. The average molecular weight is 344 g/mol. The summed E-state index contributed by atoms with van der Waals surface area (Å²) >= 11 is 4.62. The Morgan fingerprint density at radius 3 is 2.47 bits per heavy atom. The molecule has 0 saturated carbocycles. The first-order valence-corrected chi connectivity index (χ1v) is 7.26. The van der Waals surface area contributed by atoms with Crippen LogP contribution in [0.4, 0.5) is 8.78 Å². The van der Waals surface area contributed by atoms with Crippen LogP contribution < -0.4 is 5.73 Å². The van der Waals surface area contributed by atoms with Crippen LogP contribution in [0.25, 0.3) is 0 Å². The fraction of sp³-hybridized carbons (Fsp3) is 0.143. The lowest BCUT2D eigenvalue weighted by atomic mass is 10.1. The van der Waals surface area contributed by atoms with Crippen molar-refractivity contribution in [2.24, 2.45) is 5.73 Å². The van der Waals surface area contributed by atoms with Gasteiger partial charge in [0.2, 0.25) is 0 Å². The molecule has 2 rings (SSSR count). The minimum Gasteiger partial charge on any atom is -0.324 e. The van der Waals surface area contributed by atoms with Gasteiger partial charge in [0.15, 0.2) is 0 Å². The third kappa shape index (κ3) is 3.55. The van der Waals surface area contributed by atoms with Crippen molar-refractivity contribution in [2.75, 3.05) is 0 Å². The number of hydrogen-bond acceptors (Lipinski definition) is 2. The predicted octanol–water partition coefficient (Wildman–Crippen LogP) is 4.90. The van der Waals surface area contributed by atoms with Gasteiger partial charge in [-0.3, -0.25) is 0 Å². The van der Waals surface area contributed by atoms with Gasteiger partial charge < -0.3 is 5.73 Å². The summed E-state index contributed by atoms with van der Waals surface area (Å²) in [4.78, 5) is 1.23. The Morgan fingerprint density at radius 1 is 1.11 bits per heavy atom. The van der Waals surface area contributed by atoms with E-state index in [9.17, 15) is 8.78 Å². The Labute approximate surface area is 123 Å². The van der Waals surface area contributed by atoms with Gasteiger partial charge >= 0.3 is 0 Å². The summed E-state index contributed by atoms with van der Waals surface area (Å²) in [7, 11) is 0. The van der Waals surface area contributed by atoms with E-state index in [1.165, 1.54) is 23.9 Å². The first-order chi connectivity index (χ1) is 8.97. The van der Waals surface area contributed by atoms with E-state index in [2.05, 4.69) is 15.9 Å². The molecule has 0 saturated heterocycles. The van der Waals surface area contributed by atoms with Crippen LogP contribution in [-0.4, -0.2) is 0 Å². The fourth-order valence-electron chi connectivity index (χ4n) is 1.65. The highest BCUT2D eigenvalue weighted by Crippen LogP contribution is 2.36. The Bertz CT molecular complexity index is 602. The minimum atomic E-state index is -0.580. The van der Waals surface area contributed by atoms with Crippen LogP contribution in [0, 0.1) is 11.6 Å². The van der Waals surface area contributed by atoms with Crippen molar-refractivity contribution < 1.29 is 8.78 Å². The topological polar surface area (TPSA) is 26.0 Å². The highest BCUT2D eigenvalue weighted by molar-refractivity contribution is 9.10. The van der Waals surface area contributed by atoms with E-state index in [4.69, 9.17) is 5.73 Å². The van der Waals surface area contributed by atoms with E-state index >= 15 is 0 Å². The number of benzene rings is 2. The predicted molar refractivity (Wildman–Crippen MR) is 77.2 cm³/mol. The number of halogens is 3. The highest BCUT2D eigenvalue weighted by atomic mass is 79.9. The number of rotatable bonds is 3. The summed E-state index contributed by atoms with van der Waals surface area (Å²) in [6.07, 6.45) is 0. The fourth-order valence-corrected chi connectivity index (χ4v) is 3.25. The lowest BCUT2D eigenvalue weighted by molar-refractivity contribution is 0.565. The zero-order valence-electron chi connectivity index (χ0n) is 10.2. The van der Waals surface area contributed by atoms with Gasteiger partial charge in [-0.25, -0.2) is 8.78 Å². The van der Waals surface area contributed by atoms with Crippen molar-refractivity contribution in [2.45, 2.75) is 22.8 Å². The van der Waals surface area contributed by atoms with Crippen LogP contribution >= 0.6 is 27.7 Å². The van der Waals surface area contributed by atoms with Gasteiger partial charge in [-0.05, 0) is 36.8 Å². The molecule has 1 unspecified atom stereocenters. The molecule has 0 fully saturated rings. The van der Waals surface area contributed by atoms with Crippen molar-refractivity contribution in [3.05, 3.63) is 58.1 Å².